The molecule has 1 aliphatic heterocycles. The molecule has 14 heavy (non-hydrogen) atoms. The third-order valence-electron chi connectivity index (χ3n) is 3.00. The quantitative estimate of drug-likeness (QED) is 0.652. The molecular formula is C11H20ClNO. The molecule has 1 amide bonds. The maximum Gasteiger partial charge on any atom is 0.223 e. The molecule has 1 heterocycles. The second kappa shape index (κ2) is 5.01. The average Bonchev–Trinajstić information content (AvgIpc) is 2.27. The summed E-state index contributed by atoms with van der Waals surface area (Å²) in [5.74, 6) is 0.663. The topological polar surface area (TPSA) is 20.3 Å². The minimum absolute atomic E-state index is 0.220. The van der Waals surface area contributed by atoms with Gasteiger partial charge in [0.15, 0.2) is 0 Å². The third kappa shape index (κ3) is 3.49. The Hall–Kier alpha value is -0.240. The number of nitrogens with zero attached hydrogens (tertiary/aromatic N) is 1. The average molecular weight is 218 g/mol. The van der Waals surface area contributed by atoms with Crippen molar-refractivity contribution < 1.29 is 4.79 Å². The molecule has 0 saturated carbocycles. The van der Waals surface area contributed by atoms with Gasteiger partial charge in [-0.15, -0.1) is 11.6 Å². The molecule has 0 unspecified atom stereocenters. The van der Waals surface area contributed by atoms with Gasteiger partial charge in [-0.3, -0.25) is 4.79 Å². The van der Waals surface area contributed by atoms with E-state index < -0.39 is 0 Å². The van der Waals surface area contributed by atoms with E-state index in [2.05, 4.69) is 13.8 Å². The van der Waals surface area contributed by atoms with Crippen LogP contribution in [-0.2, 0) is 4.79 Å². The Morgan fingerprint density at radius 2 is 2.07 bits per heavy atom. The predicted octanol–water partition coefficient (Wildman–Crippen LogP) is 2.65. The molecular weight excluding hydrogens is 198 g/mol. The van der Waals surface area contributed by atoms with Gasteiger partial charge in [-0.05, 0) is 24.7 Å². The van der Waals surface area contributed by atoms with E-state index in [-0.39, 0.29) is 5.91 Å². The van der Waals surface area contributed by atoms with E-state index in [1.54, 1.807) is 0 Å². The summed E-state index contributed by atoms with van der Waals surface area (Å²) in [7, 11) is 0. The summed E-state index contributed by atoms with van der Waals surface area (Å²) < 4.78 is 0. The molecule has 82 valence electrons. The van der Waals surface area contributed by atoms with Crippen molar-refractivity contribution in [2.75, 3.05) is 19.0 Å². The molecule has 1 rings (SSSR count). The van der Waals surface area contributed by atoms with Gasteiger partial charge in [0.25, 0.3) is 0 Å². The summed E-state index contributed by atoms with van der Waals surface area (Å²) in [6, 6.07) is 0. The zero-order valence-corrected chi connectivity index (χ0v) is 9.94. The van der Waals surface area contributed by atoms with Gasteiger partial charge in [0.2, 0.25) is 5.91 Å². The van der Waals surface area contributed by atoms with Crippen LogP contribution in [0.2, 0.25) is 0 Å². The predicted molar refractivity (Wildman–Crippen MR) is 59.5 cm³/mol. The second-order valence-electron chi connectivity index (χ2n) is 4.84. The second-order valence-corrected chi connectivity index (χ2v) is 5.22. The Balaban J connectivity index is 2.45. The molecule has 0 aromatic rings. The fraction of sp³-hybridized carbons (Fsp3) is 0.909. The van der Waals surface area contributed by atoms with Crippen LogP contribution in [0.25, 0.3) is 0 Å². The summed E-state index contributed by atoms with van der Waals surface area (Å²) in [6.07, 6.45) is 3.95. The lowest BCUT2D eigenvalue weighted by atomic mass is 9.85. The number of hydrogen-bond donors (Lipinski definition) is 0. The first-order valence-corrected chi connectivity index (χ1v) is 5.92. The molecule has 2 nitrogen and oxygen atoms in total. The molecule has 0 aromatic heterocycles. The van der Waals surface area contributed by atoms with Crippen LogP contribution >= 0.6 is 11.6 Å². The number of alkyl halides is 1. The fourth-order valence-corrected chi connectivity index (χ4v) is 2.07. The van der Waals surface area contributed by atoms with Crippen LogP contribution in [0.1, 0.15) is 39.5 Å². The van der Waals surface area contributed by atoms with Crippen molar-refractivity contribution in [2.45, 2.75) is 39.5 Å². The molecule has 0 bridgehead atoms. The maximum atomic E-state index is 11.6. The molecule has 1 fully saturated rings. The van der Waals surface area contributed by atoms with Crippen LogP contribution in [0, 0.1) is 5.41 Å². The van der Waals surface area contributed by atoms with Gasteiger partial charge < -0.3 is 4.90 Å². The molecule has 0 spiro atoms. The first-order valence-electron chi connectivity index (χ1n) is 5.39. The highest BCUT2D eigenvalue weighted by Crippen LogP contribution is 2.29. The van der Waals surface area contributed by atoms with Gasteiger partial charge in [0.1, 0.15) is 0 Å². The molecule has 0 atom stereocenters. The normalized spacial score (nSPS) is 21.8. The lowest BCUT2D eigenvalue weighted by Crippen LogP contribution is -2.32. The smallest absolute Gasteiger partial charge is 0.223 e. The number of carbonyl (C=O) groups excluding carboxylic acids is 1. The van der Waals surface area contributed by atoms with Crippen LogP contribution in [0.15, 0.2) is 0 Å². The van der Waals surface area contributed by atoms with Crippen molar-refractivity contribution in [3.8, 4) is 0 Å². The first-order chi connectivity index (χ1) is 6.55. The number of halogens is 1. The third-order valence-corrected chi connectivity index (χ3v) is 3.19. The largest absolute Gasteiger partial charge is 0.343 e. The van der Waals surface area contributed by atoms with Crippen LogP contribution < -0.4 is 0 Å². The molecule has 1 aliphatic rings. The van der Waals surface area contributed by atoms with Gasteiger partial charge in [-0.2, -0.15) is 0 Å². The Morgan fingerprint density at radius 1 is 1.36 bits per heavy atom. The molecule has 3 heteroatoms. The lowest BCUT2D eigenvalue weighted by molar-refractivity contribution is -0.130. The van der Waals surface area contributed by atoms with Crippen LogP contribution in [0.3, 0.4) is 0 Å². The minimum Gasteiger partial charge on any atom is -0.343 e. The monoisotopic (exact) mass is 217 g/mol. The summed E-state index contributed by atoms with van der Waals surface area (Å²) in [4.78, 5) is 13.6. The van der Waals surface area contributed by atoms with Crippen molar-refractivity contribution in [3.63, 3.8) is 0 Å². The maximum absolute atomic E-state index is 11.6. The van der Waals surface area contributed by atoms with Crippen molar-refractivity contribution in [1.29, 1.82) is 0 Å². The molecule has 0 aliphatic carbocycles. The van der Waals surface area contributed by atoms with E-state index in [4.69, 9.17) is 11.6 Å². The Morgan fingerprint density at radius 3 is 2.71 bits per heavy atom. The van der Waals surface area contributed by atoms with Crippen LogP contribution in [0.5, 0.6) is 0 Å². The van der Waals surface area contributed by atoms with E-state index >= 15 is 0 Å². The zero-order valence-electron chi connectivity index (χ0n) is 9.18. The van der Waals surface area contributed by atoms with Crippen molar-refractivity contribution >= 4 is 17.5 Å². The minimum atomic E-state index is 0.220. The van der Waals surface area contributed by atoms with E-state index in [0.29, 0.717) is 17.7 Å². The van der Waals surface area contributed by atoms with E-state index in [1.807, 2.05) is 4.90 Å². The number of carbonyl (C=O) groups is 1. The summed E-state index contributed by atoms with van der Waals surface area (Å²) in [6.45, 7) is 6.38. The summed E-state index contributed by atoms with van der Waals surface area (Å²) in [5.41, 5.74) is 0.399. The van der Waals surface area contributed by atoms with Gasteiger partial charge in [-0.1, -0.05) is 13.8 Å². The van der Waals surface area contributed by atoms with Gasteiger partial charge in [0, 0.05) is 25.4 Å². The van der Waals surface area contributed by atoms with Gasteiger partial charge in [0.05, 0.1) is 0 Å². The molecule has 0 radical (unpaired) electrons. The number of likely N-dealkylation sites (tertiary alicyclic amines) is 1. The molecule has 1 saturated heterocycles. The molecule has 0 N–H and O–H groups in total. The Kier molecular flexibility index (Phi) is 4.24. The fourth-order valence-electron chi connectivity index (χ4n) is 1.91. The standard InChI is InChI=1S/C11H20ClNO/c1-11(2)5-3-8-13(9-6-11)10(14)4-7-12/h3-9H2,1-2H3. The van der Waals surface area contributed by atoms with Crippen molar-refractivity contribution in [1.82, 2.24) is 4.90 Å². The van der Waals surface area contributed by atoms with E-state index in [1.165, 1.54) is 6.42 Å². The van der Waals surface area contributed by atoms with Crippen LogP contribution in [-0.4, -0.2) is 29.8 Å². The van der Waals surface area contributed by atoms with E-state index in [0.717, 1.165) is 25.9 Å². The lowest BCUT2D eigenvalue weighted by Gasteiger charge is -2.23. The van der Waals surface area contributed by atoms with Crippen molar-refractivity contribution in [3.05, 3.63) is 0 Å². The summed E-state index contributed by atoms with van der Waals surface area (Å²) >= 11 is 5.56. The Bertz CT molecular complexity index is 203. The molecule has 0 aromatic carbocycles. The highest BCUT2D eigenvalue weighted by atomic mass is 35.5. The zero-order chi connectivity index (χ0) is 10.6. The Labute approximate surface area is 91.6 Å². The number of hydrogen-bond acceptors (Lipinski definition) is 1. The first kappa shape index (κ1) is 11.8. The number of rotatable bonds is 2. The summed E-state index contributed by atoms with van der Waals surface area (Å²) in [5, 5.41) is 0. The van der Waals surface area contributed by atoms with Crippen molar-refractivity contribution in [2.24, 2.45) is 5.41 Å². The van der Waals surface area contributed by atoms with E-state index in [9.17, 15) is 4.79 Å². The van der Waals surface area contributed by atoms with Gasteiger partial charge in [-0.25, -0.2) is 0 Å². The highest BCUT2D eigenvalue weighted by molar-refractivity contribution is 6.18. The van der Waals surface area contributed by atoms with Crippen LogP contribution in [0.4, 0.5) is 0 Å². The number of amides is 1. The van der Waals surface area contributed by atoms with Gasteiger partial charge >= 0.3 is 0 Å². The SMILES string of the molecule is CC1(C)CCCN(C(=O)CCCl)CC1. The highest BCUT2D eigenvalue weighted by Gasteiger charge is 2.24.